The summed E-state index contributed by atoms with van der Waals surface area (Å²) in [6.45, 7) is 0.706. The van der Waals surface area contributed by atoms with Crippen molar-refractivity contribution in [1.82, 2.24) is 9.97 Å². The van der Waals surface area contributed by atoms with Gasteiger partial charge < -0.3 is 4.90 Å². The average Bonchev–Trinajstić information content (AvgIpc) is 2.70. The molecule has 0 bridgehead atoms. The van der Waals surface area contributed by atoms with Gasteiger partial charge in [0.1, 0.15) is 5.82 Å². The lowest BCUT2D eigenvalue weighted by atomic mass is 10.4. The van der Waals surface area contributed by atoms with Gasteiger partial charge in [-0.15, -0.1) is 11.3 Å². The van der Waals surface area contributed by atoms with E-state index in [4.69, 9.17) is 11.6 Å². The summed E-state index contributed by atoms with van der Waals surface area (Å²) in [6, 6.07) is 1.83. The van der Waals surface area contributed by atoms with Gasteiger partial charge in [-0.25, -0.2) is 9.97 Å². The van der Waals surface area contributed by atoms with Crippen LogP contribution in [0.15, 0.2) is 27.6 Å². The number of halogens is 2. The minimum atomic E-state index is 0.632. The zero-order chi connectivity index (χ0) is 11.5. The van der Waals surface area contributed by atoms with Crippen LogP contribution in [0, 0.1) is 0 Å². The Morgan fingerprint density at radius 3 is 2.94 bits per heavy atom. The summed E-state index contributed by atoms with van der Waals surface area (Å²) in [5.41, 5.74) is 2.84. The van der Waals surface area contributed by atoms with E-state index in [9.17, 15) is 0 Å². The molecule has 3 nitrogen and oxygen atoms in total. The van der Waals surface area contributed by atoms with E-state index in [-0.39, 0.29) is 0 Å². The number of pyridine rings is 1. The zero-order valence-corrected chi connectivity index (χ0v) is 11.7. The Kier molecular flexibility index (Phi) is 3.78. The maximum Gasteiger partial charge on any atom is 0.147 e. The number of aromatic nitrogens is 2. The number of hydrogen-bond donors (Lipinski definition) is 0. The fraction of sp³-hybridized carbons (Fsp3) is 0.200. The van der Waals surface area contributed by atoms with E-state index in [1.165, 1.54) is 0 Å². The normalized spacial score (nSPS) is 10.4. The van der Waals surface area contributed by atoms with Crippen LogP contribution in [0.2, 0.25) is 5.02 Å². The highest BCUT2D eigenvalue weighted by atomic mass is 79.9. The molecule has 2 aromatic heterocycles. The first kappa shape index (κ1) is 11.8. The van der Waals surface area contributed by atoms with Crippen molar-refractivity contribution in [2.75, 3.05) is 11.9 Å². The first-order valence-electron chi connectivity index (χ1n) is 4.56. The quantitative estimate of drug-likeness (QED) is 0.866. The summed E-state index contributed by atoms with van der Waals surface area (Å²) >= 11 is 11.0. The minimum absolute atomic E-state index is 0.632. The summed E-state index contributed by atoms with van der Waals surface area (Å²) in [5.74, 6) is 0.762. The number of hydrogen-bond acceptors (Lipinski definition) is 4. The van der Waals surface area contributed by atoms with Crippen LogP contribution >= 0.6 is 38.9 Å². The van der Waals surface area contributed by atoms with Gasteiger partial charge in [0.05, 0.1) is 22.8 Å². The molecule has 0 fully saturated rings. The second-order valence-electron chi connectivity index (χ2n) is 3.29. The molecule has 0 amide bonds. The van der Waals surface area contributed by atoms with Gasteiger partial charge >= 0.3 is 0 Å². The summed E-state index contributed by atoms with van der Waals surface area (Å²) in [5, 5.41) is 2.65. The Hall–Kier alpha value is -0.650. The van der Waals surface area contributed by atoms with Crippen LogP contribution in [0.5, 0.6) is 0 Å². The van der Waals surface area contributed by atoms with E-state index >= 15 is 0 Å². The van der Waals surface area contributed by atoms with Crippen molar-refractivity contribution in [2.45, 2.75) is 6.54 Å². The first-order valence-corrected chi connectivity index (χ1v) is 6.67. The van der Waals surface area contributed by atoms with E-state index < -0.39 is 0 Å². The summed E-state index contributed by atoms with van der Waals surface area (Å²) in [4.78, 5) is 10.5. The van der Waals surface area contributed by atoms with Crippen LogP contribution < -0.4 is 4.90 Å². The highest BCUT2D eigenvalue weighted by Crippen LogP contribution is 2.26. The van der Waals surface area contributed by atoms with Crippen LogP contribution in [0.1, 0.15) is 5.69 Å². The van der Waals surface area contributed by atoms with Gasteiger partial charge in [0, 0.05) is 23.1 Å². The monoisotopic (exact) mass is 317 g/mol. The number of anilines is 1. The minimum Gasteiger partial charge on any atom is -0.353 e. The summed E-state index contributed by atoms with van der Waals surface area (Å²) in [6.07, 6.45) is 1.73. The van der Waals surface area contributed by atoms with Crippen LogP contribution in [-0.4, -0.2) is 17.0 Å². The predicted molar refractivity (Wildman–Crippen MR) is 71.2 cm³/mol. The van der Waals surface area contributed by atoms with Gasteiger partial charge in [-0.05, 0) is 22.0 Å². The molecular weight excluding hydrogens is 310 g/mol. The molecule has 0 unspecified atom stereocenters. The molecule has 2 aromatic rings. The van der Waals surface area contributed by atoms with Crippen molar-refractivity contribution in [3.05, 3.63) is 38.3 Å². The van der Waals surface area contributed by atoms with Gasteiger partial charge in [0.15, 0.2) is 0 Å². The molecule has 0 aromatic carbocycles. The molecule has 84 valence electrons. The van der Waals surface area contributed by atoms with Crippen LogP contribution in [0.25, 0.3) is 0 Å². The lowest BCUT2D eigenvalue weighted by molar-refractivity contribution is 0.874. The van der Waals surface area contributed by atoms with Gasteiger partial charge in [-0.1, -0.05) is 11.6 Å². The van der Waals surface area contributed by atoms with Crippen molar-refractivity contribution in [1.29, 1.82) is 0 Å². The Morgan fingerprint density at radius 2 is 2.31 bits per heavy atom. The molecule has 0 saturated carbocycles. The maximum absolute atomic E-state index is 6.11. The van der Waals surface area contributed by atoms with Crippen LogP contribution in [0.3, 0.4) is 0 Å². The van der Waals surface area contributed by atoms with Crippen LogP contribution in [-0.2, 0) is 6.54 Å². The SMILES string of the molecule is CN(Cc1cscn1)c1ncc(Br)cc1Cl. The number of nitrogens with zero attached hydrogens (tertiary/aromatic N) is 3. The second kappa shape index (κ2) is 5.12. The smallest absolute Gasteiger partial charge is 0.147 e. The molecule has 0 spiro atoms. The second-order valence-corrected chi connectivity index (χ2v) is 5.34. The number of thiazole rings is 1. The van der Waals surface area contributed by atoms with Crippen molar-refractivity contribution < 1.29 is 0 Å². The molecular formula is C10H9BrClN3S. The third kappa shape index (κ3) is 2.72. The lowest BCUT2D eigenvalue weighted by Gasteiger charge is -2.18. The molecule has 0 atom stereocenters. The largest absolute Gasteiger partial charge is 0.353 e. The molecule has 0 aliphatic heterocycles. The van der Waals surface area contributed by atoms with E-state index in [2.05, 4.69) is 25.9 Å². The first-order chi connectivity index (χ1) is 7.66. The van der Waals surface area contributed by atoms with Gasteiger partial charge in [-0.2, -0.15) is 0 Å². The van der Waals surface area contributed by atoms with Crippen molar-refractivity contribution in [3.8, 4) is 0 Å². The Labute approximate surface area is 111 Å². The van der Waals surface area contributed by atoms with Crippen LogP contribution in [0.4, 0.5) is 5.82 Å². The van der Waals surface area contributed by atoms with Crippen molar-refractivity contribution >= 4 is 44.7 Å². The molecule has 0 aliphatic carbocycles. The molecule has 2 heterocycles. The lowest BCUT2D eigenvalue weighted by Crippen LogP contribution is -2.18. The average molecular weight is 319 g/mol. The number of rotatable bonds is 3. The van der Waals surface area contributed by atoms with Crippen molar-refractivity contribution in [3.63, 3.8) is 0 Å². The Balaban J connectivity index is 2.17. The molecule has 0 N–H and O–H groups in total. The molecule has 2 rings (SSSR count). The zero-order valence-electron chi connectivity index (χ0n) is 8.52. The van der Waals surface area contributed by atoms with Crippen molar-refractivity contribution in [2.24, 2.45) is 0 Å². The standard InChI is InChI=1S/C10H9BrClN3S/c1-15(4-8-5-16-6-14-8)10-9(12)2-7(11)3-13-10/h2-3,5-6H,4H2,1H3. The van der Waals surface area contributed by atoms with E-state index in [1.807, 2.05) is 28.9 Å². The van der Waals surface area contributed by atoms with Gasteiger partial charge in [-0.3, -0.25) is 0 Å². The summed E-state index contributed by atoms with van der Waals surface area (Å²) in [7, 11) is 1.95. The van der Waals surface area contributed by atoms with Gasteiger partial charge in [0.2, 0.25) is 0 Å². The van der Waals surface area contributed by atoms with Gasteiger partial charge in [0.25, 0.3) is 0 Å². The topological polar surface area (TPSA) is 29.0 Å². The maximum atomic E-state index is 6.11. The molecule has 16 heavy (non-hydrogen) atoms. The van der Waals surface area contributed by atoms with E-state index in [0.29, 0.717) is 11.6 Å². The Morgan fingerprint density at radius 1 is 1.50 bits per heavy atom. The third-order valence-corrected chi connectivity index (χ3v) is 3.38. The third-order valence-electron chi connectivity index (χ3n) is 2.03. The fourth-order valence-corrected chi connectivity index (χ4v) is 2.65. The molecule has 0 radical (unpaired) electrons. The van der Waals surface area contributed by atoms with E-state index in [1.54, 1.807) is 17.5 Å². The molecule has 0 saturated heterocycles. The Bertz CT molecular complexity index is 475. The highest BCUT2D eigenvalue weighted by Gasteiger charge is 2.09. The fourth-order valence-electron chi connectivity index (χ4n) is 1.32. The van der Waals surface area contributed by atoms with E-state index in [0.717, 1.165) is 16.0 Å². The predicted octanol–water partition coefficient (Wildman–Crippen LogP) is 3.59. The summed E-state index contributed by atoms with van der Waals surface area (Å²) < 4.78 is 0.878. The highest BCUT2D eigenvalue weighted by molar-refractivity contribution is 9.10. The molecule has 0 aliphatic rings. The molecule has 6 heteroatoms.